The Morgan fingerprint density at radius 1 is 1.17 bits per heavy atom. The van der Waals surface area contributed by atoms with Crippen LogP contribution in [0.5, 0.6) is 5.75 Å². The van der Waals surface area contributed by atoms with Crippen molar-refractivity contribution in [1.29, 1.82) is 0 Å². The maximum atomic E-state index is 12.8. The predicted molar refractivity (Wildman–Crippen MR) is 114 cm³/mol. The first kappa shape index (κ1) is 20.6. The second-order valence-electron chi connectivity index (χ2n) is 8.32. The molecule has 29 heavy (non-hydrogen) atoms. The highest BCUT2D eigenvalue weighted by molar-refractivity contribution is 6.03. The molecule has 3 rings (SSSR count). The van der Waals surface area contributed by atoms with Crippen molar-refractivity contribution < 1.29 is 9.53 Å². The molecule has 152 valence electrons. The van der Waals surface area contributed by atoms with Crippen LogP contribution < -0.4 is 10.1 Å². The van der Waals surface area contributed by atoms with Crippen molar-refractivity contribution in [3.05, 3.63) is 71.8 Å². The number of ether oxygens (including phenoxy) is 1. The van der Waals surface area contributed by atoms with Crippen LogP contribution in [0.2, 0.25) is 0 Å². The molecule has 6 heteroatoms. The zero-order valence-corrected chi connectivity index (χ0v) is 17.6. The van der Waals surface area contributed by atoms with E-state index in [1.54, 1.807) is 18.5 Å². The lowest BCUT2D eigenvalue weighted by molar-refractivity contribution is 0.102. The van der Waals surface area contributed by atoms with Gasteiger partial charge in [-0.25, -0.2) is 0 Å². The number of benzene rings is 1. The molecule has 0 spiro atoms. The van der Waals surface area contributed by atoms with E-state index in [1.807, 2.05) is 41.1 Å². The van der Waals surface area contributed by atoms with E-state index in [9.17, 15) is 4.79 Å². The van der Waals surface area contributed by atoms with Gasteiger partial charge in [0.25, 0.3) is 5.91 Å². The minimum Gasteiger partial charge on any atom is -0.489 e. The molecule has 1 amide bonds. The molecule has 1 aromatic carbocycles. The van der Waals surface area contributed by atoms with Crippen LogP contribution in [0.1, 0.15) is 62.3 Å². The van der Waals surface area contributed by atoms with Crippen LogP contribution in [0.4, 0.5) is 5.69 Å². The zero-order valence-electron chi connectivity index (χ0n) is 17.6. The van der Waals surface area contributed by atoms with Gasteiger partial charge in [-0.2, -0.15) is 5.10 Å². The van der Waals surface area contributed by atoms with Crippen LogP contribution in [-0.2, 0) is 12.1 Å². The topological polar surface area (TPSA) is 69.0 Å². The Balaban J connectivity index is 1.72. The Hall–Kier alpha value is -3.15. The molecule has 0 saturated carbocycles. The fraction of sp³-hybridized carbons (Fsp3) is 0.348. The van der Waals surface area contributed by atoms with Gasteiger partial charge in [-0.3, -0.25) is 14.5 Å². The van der Waals surface area contributed by atoms with Crippen molar-refractivity contribution in [1.82, 2.24) is 14.8 Å². The summed E-state index contributed by atoms with van der Waals surface area (Å²) in [6.45, 7) is 10.9. The molecule has 6 nitrogen and oxygen atoms in total. The molecule has 0 bridgehead atoms. The lowest BCUT2D eigenvalue weighted by atomic mass is 10.1. The number of hydrogen-bond donors (Lipinski definition) is 1. The summed E-state index contributed by atoms with van der Waals surface area (Å²) in [5.41, 5.74) is 2.89. The number of nitrogens with one attached hydrogen (secondary N) is 1. The summed E-state index contributed by atoms with van der Waals surface area (Å²) < 4.78 is 7.74. The molecule has 0 saturated heterocycles. The summed E-state index contributed by atoms with van der Waals surface area (Å²) in [6, 6.07) is 13.0. The highest BCUT2D eigenvalue weighted by Crippen LogP contribution is 2.24. The molecule has 0 unspecified atom stereocenters. The highest BCUT2D eigenvalue weighted by Gasteiger charge is 2.23. The van der Waals surface area contributed by atoms with Crippen molar-refractivity contribution in [3.8, 4) is 5.75 Å². The molecule has 0 aliphatic heterocycles. The van der Waals surface area contributed by atoms with Gasteiger partial charge in [-0.15, -0.1) is 0 Å². The van der Waals surface area contributed by atoms with Crippen molar-refractivity contribution in [3.63, 3.8) is 0 Å². The van der Waals surface area contributed by atoms with Crippen LogP contribution in [0, 0.1) is 0 Å². The minimum atomic E-state index is -0.237. The number of amides is 1. The van der Waals surface area contributed by atoms with Crippen LogP contribution in [0.25, 0.3) is 0 Å². The van der Waals surface area contributed by atoms with E-state index >= 15 is 0 Å². The second kappa shape index (κ2) is 8.47. The molecule has 3 aromatic rings. The second-order valence-corrected chi connectivity index (χ2v) is 8.32. The summed E-state index contributed by atoms with van der Waals surface area (Å²) in [6.07, 6.45) is 3.49. The van der Waals surface area contributed by atoms with Crippen molar-refractivity contribution in [2.75, 3.05) is 5.32 Å². The first-order valence-electron chi connectivity index (χ1n) is 9.77. The lowest BCUT2D eigenvalue weighted by Gasteiger charge is -2.23. The normalized spacial score (nSPS) is 11.5. The van der Waals surface area contributed by atoms with E-state index in [-0.39, 0.29) is 17.4 Å². The van der Waals surface area contributed by atoms with E-state index in [4.69, 9.17) is 4.74 Å². The molecule has 0 fully saturated rings. The van der Waals surface area contributed by atoms with E-state index in [2.05, 4.69) is 50.0 Å². The van der Waals surface area contributed by atoms with Crippen LogP contribution in [0.3, 0.4) is 0 Å². The van der Waals surface area contributed by atoms with Crippen molar-refractivity contribution >= 4 is 11.6 Å². The van der Waals surface area contributed by atoms with E-state index in [1.165, 1.54) is 0 Å². The van der Waals surface area contributed by atoms with Gasteiger partial charge < -0.3 is 10.1 Å². The molecule has 0 aliphatic carbocycles. The smallest absolute Gasteiger partial charge is 0.276 e. The van der Waals surface area contributed by atoms with Gasteiger partial charge in [0, 0.05) is 35.4 Å². The first-order valence-corrected chi connectivity index (χ1v) is 9.77. The Bertz CT molecular complexity index is 972. The summed E-state index contributed by atoms with van der Waals surface area (Å²) in [4.78, 5) is 16.9. The van der Waals surface area contributed by atoms with Crippen molar-refractivity contribution in [2.45, 2.75) is 52.7 Å². The Labute approximate surface area is 171 Å². The fourth-order valence-corrected chi connectivity index (χ4v) is 2.96. The van der Waals surface area contributed by atoms with Crippen LogP contribution >= 0.6 is 0 Å². The average Bonchev–Trinajstić information content (AvgIpc) is 3.14. The summed E-state index contributed by atoms with van der Waals surface area (Å²) >= 11 is 0. The predicted octanol–water partition coefficient (Wildman–Crippen LogP) is 4.99. The average molecular weight is 393 g/mol. The molecule has 0 atom stereocenters. The standard InChI is InChI=1S/C23H28N4O2/c1-16(2)21-13-20(26-27(21)23(3,4)5)22(28)25-18-9-6-10-19(12-18)29-15-17-8-7-11-24-14-17/h6-14,16H,15H2,1-5H3,(H,25,28). The highest BCUT2D eigenvalue weighted by atomic mass is 16.5. The van der Waals surface area contributed by atoms with Crippen LogP contribution in [-0.4, -0.2) is 20.7 Å². The number of anilines is 1. The van der Waals surface area contributed by atoms with E-state index in [0.717, 1.165) is 11.3 Å². The first-order chi connectivity index (χ1) is 13.7. The third-order valence-corrected chi connectivity index (χ3v) is 4.42. The number of rotatable bonds is 6. The van der Waals surface area contributed by atoms with Gasteiger partial charge in [-0.1, -0.05) is 26.0 Å². The Morgan fingerprint density at radius 3 is 2.59 bits per heavy atom. The summed E-state index contributed by atoms with van der Waals surface area (Å²) in [5.74, 6) is 0.710. The largest absolute Gasteiger partial charge is 0.489 e. The molecule has 0 radical (unpaired) electrons. The lowest BCUT2D eigenvalue weighted by Crippen LogP contribution is -2.26. The number of hydrogen-bond acceptors (Lipinski definition) is 4. The molecule has 1 N–H and O–H groups in total. The van der Waals surface area contributed by atoms with Gasteiger partial charge in [0.05, 0.1) is 5.54 Å². The van der Waals surface area contributed by atoms with Crippen molar-refractivity contribution in [2.24, 2.45) is 0 Å². The van der Waals surface area contributed by atoms with Gasteiger partial charge in [-0.05, 0) is 51.0 Å². The van der Waals surface area contributed by atoms with Gasteiger partial charge in [0.1, 0.15) is 12.4 Å². The third-order valence-electron chi connectivity index (χ3n) is 4.42. The summed E-state index contributed by atoms with van der Waals surface area (Å²) in [7, 11) is 0. The third kappa shape index (κ3) is 5.22. The van der Waals surface area contributed by atoms with Gasteiger partial charge in [0.2, 0.25) is 0 Å². The van der Waals surface area contributed by atoms with Gasteiger partial charge >= 0.3 is 0 Å². The van der Waals surface area contributed by atoms with E-state index < -0.39 is 0 Å². The maximum absolute atomic E-state index is 12.8. The quantitative estimate of drug-likeness (QED) is 0.642. The minimum absolute atomic E-state index is 0.196. The maximum Gasteiger partial charge on any atom is 0.276 e. The number of pyridine rings is 1. The molecular weight excluding hydrogens is 364 g/mol. The zero-order chi connectivity index (χ0) is 21.0. The number of nitrogens with zero attached hydrogens (tertiary/aromatic N) is 3. The Morgan fingerprint density at radius 2 is 1.97 bits per heavy atom. The number of carbonyl (C=O) groups excluding carboxylic acids is 1. The van der Waals surface area contributed by atoms with E-state index in [0.29, 0.717) is 23.7 Å². The summed E-state index contributed by atoms with van der Waals surface area (Å²) in [5, 5.41) is 7.48. The molecule has 0 aliphatic rings. The van der Waals surface area contributed by atoms with Crippen LogP contribution in [0.15, 0.2) is 54.9 Å². The molecule has 2 aromatic heterocycles. The molecule has 2 heterocycles. The number of carbonyl (C=O) groups is 1. The molecular formula is C23H28N4O2. The SMILES string of the molecule is CC(C)c1cc(C(=O)Nc2cccc(OCc3cccnc3)c2)nn1C(C)(C)C. The monoisotopic (exact) mass is 392 g/mol. The fourth-order valence-electron chi connectivity index (χ4n) is 2.96. The Kier molecular flexibility index (Phi) is 6.01. The van der Waals surface area contributed by atoms with Gasteiger partial charge in [0.15, 0.2) is 5.69 Å². The number of aromatic nitrogens is 3.